The highest BCUT2D eigenvalue weighted by Crippen LogP contribution is 2.19. The van der Waals surface area contributed by atoms with Gasteiger partial charge in [0.2, 0.25) is 0 Å². The third kappa shape index (κ3) is 6.44. The molecule has 0 aromatic heterocycles. The molecule has 18 heavy (non-hydrogen) atoms. The predicted molar refractivity (Wildman–Crippen MR) is 82.6 cm³/mol. The maximum Gasteiger partial charge on any atom is 0.0645 e. The molecule has 2 nitrogen and oxygen atoms in total. The molecule has 0 amide bonds. The Hall–Kier alpha value is 0.270. The second kappa shape index (κ2) is 9.22. The summed E-state index contributed by atoms with van der Waals surface area (Å²) in [4.78, 5) is 2.59. The fourth-order valence-electron chi connectivity index (χ4n) is 2.60. The molecule has 0 aromatic carbocycles. The van der Waals surface area contributed by atoms with Crippen molar-refractivity contribution in [2.45, 2.75) is 64.3 Å². The Bertz CT molecular complexity index is 209. The maximum absolute atomic E-state index is 5.55. The molecule has 1 aliphatic heterocycles. The number of hydrogen-bond acceptors (Lipinski definition) is 3. The molecule has 0 radical (unpaired) electrons. The molecular weight excluding hydrogens is 242 g/mol. The first-order chi connectivity index (χ1) is 8.67. The monoisotopic (exact) mass is 273 g/mol. The number of rotatable bonds is 9. The van der Waals surface area contributed by atoms with Crippen LogP contribution in [0.1, 0.15) is 58.8 Å². The van der Waals surface area contributed by atoms with Crippen LogP contribution < -0.4 is 0 Å². The Morgan fingerprint density at radius 2 is 1.61 bits per heavy atom. The molecule has 1 aliphatic rings. The Labute approximate surface area is 119 Å². The fourth-order valence-corrected chi connectivity index (χ4v) is 2.83. The lowest BCUT2D eigenvalue weighted by Crippen LogP contribution is -2.53. The van der Waals surface area contributed by atoms with Crippen molar-refractivity contribution in [3.8, 4) is 0 Å². The predicted octanol–water partition coefficient (Wildman–Crippen LogP) is 3.76. The van der Waals surface area contributed by atoms with Crippen molar-refractivity contribution in [1.82, 2.24) is 4.90 Å². The van der Waals surface area contributed by atoms with Gasteiger partial charge in [-0.3, -0.25) is 4.90 Å². The van der Waals surface area contributed by atoms with E-state index in [1.165, 1.54) is 51.5 Å². The van der Waals surface area contributed by atoms with Gasteiger partial charge in [0, 0.05) is 12.1 Å². The number of morpholine rings is 1. The van der Waals surface area contributed by atoms with Crippen molar-refractivity contribution >= 4 is 12.6 Å². The van der Waals surface area contributed by atoms with Gasteiger partial charge in [0.15, 0.2) is 0 Å². The quantitative estimate of drug-likeness (QED) is 0.507. The van der Waals surface area contributed by atoms with Crippen LogP contribution in [0, 0.1) is 0 Å². The van der Waals surface area contributed by atoms with Crippen molar-refractivity contribution in [3.63, 3.8) is 0 Å². The summed E-state index contributed by atoms with van der Waals surface area (Å²) in [6, 6.07) is 0. The first kappa shape index (κ1) is 16.3. The number of nitrogens with zero attached hydrogens (tertiary/aromatic N) is 1. The second-order valence-electron chi connectivity index (χ2n) is 6.05. The van der Waals surface area contributed by atoms with Crippen LogP contribution >= 0.6 is 12.6 Å². The van der Waals surface area contributed by atoms with Gasteiger partial charge in [-0.25, -0.2) is 0 Å². The summed E-state index contributed by atoms with van der Waals surface area (Å²) in [6.07, 6.45) is 9.57. The van der Waals surface area contributed by atoms with Crippen LogP contribution in [0.4, 0.5) is 0 Å². The zero-order valence-electron chi connectivity index (χ0n) is 12.3. The second-order valence-corrected chi connectivity index (χ2v) is 6.50. The highest BCUT2D eigenvalue weighted by Gasteiger charge is 2.29. The summed E-state index contributed by atoms with van der Waals surface area (Å²) in [7, 11) is 0. The van der Waals surface area contributed by atoms with E-state index in [-0.39, 0.29) is 5.54 Å². The average Bonchev–Trinajstić information content (AvgIpc) is 2.34. The van der Waals surface area contributed by atoms with E-state index < -0.39 is 0 Å². The summed E-state index contributed by atoms with van der Waals surface area (Å²) in [5.74, 6) is 1.05. The molecule has 3 heteroatoms. The molecule has 1 heterocycles. The van der Waals surface area contributed by atoms with Crippen molar-refractivity contribution in [1.29, 1.82) is 0 Å². The van der Waals surface area contributed by atoms with Crippen molar-refractivity contribution < 1.29 is 4.74 Å². The molecule has 1 rings (SSSR count). The zero-order chi connectivity index (χ0) is 13.3. The average molecular weight is 273 g/mol. The van der Waals surface area contributed by atoms with Crippen LogP contribution in [0.5, 0.6) is 0 Å². The van der Waals surface area contributed by atoms with E-state index in [1.807, 2.05) is 0 Å². The van der Waals surface area contributed by atoms with Gasteiger partial charge in [-0.1, -0.05) is 32.1 Å². The molecular formula is C15H31NOS. The minimum Gasteiger partial charge on any atom is -0.378 e. The Morgan fingerprint density at radius 3 is 2.22 bits per heavy atom. The lowest BCUT2D eigenvalue weighted by Gasteiger charge is -2.42. The smallest absolute Gasteiger partial charge is 0.0645 e. The molecule has 1 fully saturated rings. The zero-order valence-corrected chi connectivity index (χ0v) is 13.2. The summed E-state index contributed by atoms with van der Waals surface area (Å²) in [5, 5.41) is 0. The third-order valence-electron chi connectivity index (χ3n) is 3.90. The Morgan fingerprint density at radius 1 is 1.00 bits per heavy atom. The normalized spacial score (nSPS) is 20.2. The molecule has 0 aromatic rings. The number of ether oxygens (including phenoxy) is 1. The van der Waals surface area contributed by atoms with Crippen molar-refractivity contribution in [2.75, 3.05) is 32.1 Å². The van der Waals surface area contributed by atoms with Gasteiger partial charge in [0.1, 0.15) is 0 Å². The minimum absolute atomic E-state index is 0.241. The fraction of sp³-hybridized carbons (Fsp3) is 1.00. The molecule has 1 saturated heterocycles. The van der Waals surface area contributed by atoms with E-state index >= 15 is 0 Å². The van der Waals surface area contributed by atoms with Gasteiger partial charge in [0.25, 0.3) is 0 Å². The number of hydrogen-bond donors (Lipinski definition) is 1. The molecule has 0 N–H and O–H groups in total. The van der Waals surface area contributed by atoms with Crippen molar-refractivity contribution in [3.05, 3.63) is 0 Å². The number of unbranched alkanes of at least 4 members (excludes halogenated alkanes) is 6. The van der Waals surface area contributed by atoms with Crippen LogP contribution in [0.3, 0.4) is 0 Å². The van der Waals surface area contributed by atoms with Crippen LogP contribution in [0.25, 0.3) is 0 Å². The van der Waals surface area contributed by atoms with E-state index in [4.69, 9.17) is 4.74 Å². The Kier molecular flexibility index (Phi) is 8.36. The molecule has 108 valence electrons. The summed E-state index contributed by atoms with van der Waals surface area (Å²) >= 11 is 4.24. The molecule has 0 aliphatic carbocycles. The molecule has 0 atom stereocenters. The van der Waals surface area contributed by atoms with Gasteiger partial charge in [0.05, 0.1) is 13.2 Å². The molecule has 0 bridgehead atoms. The lowest BCUT2D eigenvalue weighted by atomic mass is 10.0. The standard InChI is InChI=1S/C15H31NOS/c1-15(2)14-17-12-11-16(15)10-8-6-4-3-5-7-9-13-18/h18H,3-14H2,1-2H3. The van der Waals surface area contributed by atoms with Crippen LogP contribution in [0.2, 0.25) is 0 Å². The number of thiol groups is 1. The van der Waals surface area contributed by atoms with E-state index in [0.29, 0.717) is 0 Å². The van der Waals surface area contributed by atoms with Gasteiger partial charge in [-0.05, 0) is 39.0 Å². The topological polar surface area (TPSA) is 12.5 Å². The first-order valence-electron chi connectivity index (χ1n) is 7.60. The highest BCUT2D eigenvalue weighted by atomic mass is 32.1. The summed E-state index contributed by atoms with van der Waals surface area (Å²) in [6.45, 7) is 8.74. The van der Waals surface area contributed by atoms with Crippen molar-refractivity contribution in [2.24, 2.45) is 0 Å². The molecule has 0 saturated carbocycles. The maximum atomic E-state index is 5.55. The van der Waals surface area contributed by atoms with Gasteiger partial charge in [-0.15, -0.1) is 0 Å². The third-order valence-corrected chi connectivity index (χ3v) is 4.22. The van der Waals surface area contributed by atoms with Crippen LogP contribution in [0.15, 0.2) is 0 Å². The lowest BCUT2D eigenvalue weighted by molar-refractivity contribution is -0.0513. The highest BCUT2D eigenvalue weighted by molar-refractivity contribution is 7.80. The largest absolute Gasteiger partial charge is 0.378 e. The molecule has 0 unspecified atom stereocenters. The van der Waals surface area contributed by atoms with Crippen LogP contribution in [-0.2, 0) is 4.74 Å². The van der Waals surface area contributed by atoms with E-state index in [0.717, 1.165) is 25.5 Å². The minimum atomic E-state index is 0.241. The summed E-state index contributed by atoms with van der Waals surface area (Å²) < 4.78 is 5.55. The van der Waals surface area contributed by atoms with Gasteiger partial charge < -0.3 is 4.74 Å². The van der Waals surface area contributed by atoms with Gasteiger partial charge in [-0.2, -0.15) is 12.6 Å². The van der Waals surface area contributed by atoms with E-state index in [1.54, 1.807) is 0 Å². The van der Waals surface area contributed by atoms with Crippen LogP contribution in [-0.4, -0.2) is 42.5 Å². The first-order valence-corrected chi connectivity index (χ1v) is 8.24. The van der Waals surface area contributed by atoms with E-state index in [9.17, 15) is 0 Å². The van der Waals surface area contributed by atoms with Gasteiger partial charge >= 0.3 is 0 Å². The van der Waals surface area contributed by atoms with E-state index in [2.05, 4.69) is 31.4 Å². The summed E-state index contributed by atoms with van der Waals surface area (Å²) in [5.41, 5.74) is 0.241. The Balaban J connectivity index is 1.97. The molecule has 0 spiro atoms. The SMILES string of the molecule is CC1(C)COCCN1CCCCCCCCCS.